The summed E-state index contributed by atoms with van der Waals surface area (Å²) < 4.78 is 0. The van der Waals surface area contributed by atoms with E-state index in [1.165, 1.54) is 0 Å². The summed E-state index contributed by atoms with van der Waals surface area (Å²) in [7, 11) is 0. The predicted molar refractivity (Wildman–Crippen MR) is 60.4 cm³/mol. The Morgan fingerprint density at radius 1 is 1.57 bits per heavy atom. The maximum Gasteiger partial charge on any atom is 0.0967 e. The van der Waals surface area contributed by atoms with Gasteiger partial charge < -0.3 is 10.8 Å². The van der Waals surface area contributed by atoms with Crippen molar-refractivity contribution in [3.8, 4) is 0 Å². The first kappa shape index (κ1) is 11.3. The Balaban J connectivity index is 2.63. The molecule has 1 heterocycles. The number of thioether (sulfide) groups is 1. The first-order valence-electron chi connectivity index (χ1n) is 4.64. The number of aliphatic hydroxyl groups is 1. The molecule has 1 rings (SSSR count). The van der Waals surface area contributed by atoms with Gasteiger partial charge in [-0.1, -0.05) is 6.92 Å². The Labute approximate surface area is 88.7 Å². The van der Waals surface area contributed by atoms with E-state index in [0.717, 1.165) is 22.8 Å². The van der Waals surface area contributed by atoms with Gasteiger partial charge in [0.15, 0.2) is 0 Å². The highest BCUT2D eigenvalue weighted by Crippen LogP contribution is 2.24. The molecule has 78 valence electrons. The van der Waals surface area contributed by atoms with Crippen LogP contribution in [-0.2, 0) is 0 Å². The molecular weight excluding hydrogens is 196 g/mol. The molecular formula is C10H16N2OS. The lowest BCUT2D eigenvalue weighted by molar-refractivity contribution is 0.289. The smallest absolute Gasteiger partial charge is 0.0967 e. The van der Waals surface area contributed by atoms with E-state index in [9.17, 15) is 0 Å². The van der Waals surface area contributed by atoms with Crippen LogP contribution >= 0.6 is 11.8 Å². The maximum absolute atomic E-state index is 8.76. The van der Waals surface area contributed by atoms with Crippen molar-refractivity contribution in [2.24, 2.45) is 0 Å². The molecule has 3 nitrogen and oxygen atoms in total. The van der Waals surface area contributed by atoms with E-state index in [4.69, 9.17) is 10.8 Å². The topological polar surface area (TPSA) is 59.1 Å². The molecule has 0 aliphatic rings. The number of nitrogen functional groups attached to an aromatic ring is 1. The summed E-state index contributed by atoms with van der Waals surface area (Å²) in [6.07, 6.45) is 0.787. The molecule has 0 aliphatic carbocycles. The Kier molecular flexibility index (Phi) is 4.22. The van der Waals surface area contributed by atoms with Gasteiger partial charge in [0.25, 0.3) is 0 Å². The number of anilines is 1. The summed E-state index contributed by atoms with van der Waals surface area (Å²) in [5.41, 5.74) is 7.26. The van der Waals surface area contributed by atoms with E-state index in [2.05, 4.69) is 11.9 Å². The molecule has 1 aromatic rings. The van der Waals surface area contributed by atoms with E-state index >= 15 is 0 Å². The van der Waals surface area contributed by atoms with Crippen LogP contribution < -0.4 is 5.73 Å². The van der Waals surface area contributed by atoms with E-state index < -0.39 is 0 Å². The third-order valence-electron chi connectivity index (χ3n) is 1.96. The average Bonchev–Trinajstić information content (AvgIpc) is 2.12. The fourth-order valence-corrected chi connectivity index (χ4v) is 2.03. The fraction of sp³-hybridized carbons (Fsp3) is 0.500. The first-order chi connectivity index (χ1) is 6.63. The lowest BCUT2D eigenvalue weighted by Crippen LogP contribution is -2.01. The van der Waals surface area contributed by atoms with Crippen LogP contribution in [0.4, 0.5) is 5.69 Å². The zero-order valence-electron chi connectivity index (χ0n) is 8.53. The molecule has 0 spiro atoms. The summed E-state index contributed by atoms with van der Waals surface area (Å²) in [4.78, 5) is 4.35. The van der Waals surface area contributed by atoms with Gasteiger partial charge in [0.1, 0.15) is 0 Å². The minimum atomic E-state index is 0.224. The Bertz CT molecular complexity index is 304. The van der Waals surface area contributed by atoms with Crippen LogP contribution in [0.1, 0.15) is 19.0 Å². The van der Waals surface area contributed by atoms with E-state index in [0.29, 0.717) is 5.25 Å². The van der Waals surface area contributed by atoms with Crippen LogP contribution in [0.5, 0.6) is 0 Å². The van der Waals surface area contributed by atoms with Gasteiger partial charge in [0, 0.05) is 11.9 Å². The zero-order valence-corrected chi connectivity index (χ0v) is 9.34. The molecule has 0 aliphatic heterocycles. The molecule has 0 amide bonds. The molecule has 14 heavy (non-hydrogen) atoms. The quantitative estimate of drug-likeness (QED) is 0.748. The number of rotatable bonds is 4. The minimum absolute atomic E-state index is 0.224. The standard InChI is InChI=1S/C10H16N2OS/c1-7(5-6-13)14-10-4-3-9(11)8(2)12-10/h3-4,7,13H,5-6,11H2,1-2H3. The van der Waals surface area contributed by atoms with Gasteiger partial charge in [-0.15, -0.1) is 11.8 Å². The van der Waals surface area contributed by atoms with Gasteiger partial charge in [0.2, 0.25) is 0 Å². The fourth-order valence-electron chi connectivity index (χ4n) is 1.06. The van der Waals surface area contributed by atoms with E-state index in [-0.39, 0.29) is 6.61 Å². The van der Waals surface area contributed by atoms with Gasteiger partial charge in [-0.25, -0.2) is 4.98 Å². The summed E-state index contributed by atoms with van der Waals surface area (Å²) in [5.74, 6) is 0. The molecule has 0 bridgehead atoms. The lowest BCUT2D eigenvalue weighted by Gasteiger charge is -2.09. The highest BCUT2D eigenvalue weighted by atomic mass is 32.2. The summed E-state index contributed by atoms with van der Waals surface area (Å²) >= 11 is 1.66. The van der Waals surface area contributed by atoms with Crippen LogP contribution in [0.15, 0.2) is 17.2 Å². The van der Waals surface area contributed by atoms with E-state index in [1.807, 2.05) is 19.1 Å². The molecule has 0 aromatic carbocycles. The molecule has 4 heteroatoms. The van der Waals surface area contributed by atoms with Crippen molar-refractivity contribution in [2.45, 2.75) is 30.5 Å². The van der Waals surface area contributed by atoms with Crippen molar-refractivity contribution in [1.82, 2.24) is 4.98 Å². The normalized spacial score (nSPS) is 12.8. The Morgan fingerprint density at radius 3 is 2.86 bits per heavy atom. The van der Waals surface area contributed by atoms with Crippen LogP contribution in [-0.4, -0.2) is 21.9 Å². The third-order valence-corrected chi connectivity index (χ3v) is 3.07. The molecule has 1 atom stereocenters. The first-order valence-corrected chi connectivity index (χ1v) is 5.52. The Morgan fingerprint density at radius 2 is 2.29 bits per heavy atom. The van der Waals surface area contributed by atoms with Crippen LogP contribution in [0, 0.1) is 6.92 Å². The number of aromatic nitrogens is 1. The van der Waals surface area contributed by atoms with Crippen molar-refractivity contribution in [1.29, 1.82) is 0 Å². The van der Waals surface area contributed by atoms with Crippen molar-refractivity contribution in [3.63, 3.8) is 0 Å². The predicted octanol–water partition coefficient (Wildman–Crippen LogP) is 1.84. The minimum Gasteiger partial charge on any atom is -0.397 e. The molecule has 1 unspecified atom stereocenters. The van der Waals surface area contributed by atoms with Crippen LogP contribution in [0.25, 0.3) is 0 Å². The second-order valence-corrected chi connectivity index (χ2v) is 4.72. The largest absolute Gasteiger partial charge is 0.397 e. The number of nitrogens with zero attached hydrogens (tertiary/aromatic N) is 1. The second-order valence-electron chi connectivity index (χ2n) is 3.26. The number of pyridine rings is 1. The number of hydrogen-bond donors (Lipinski definition) is 2. The average molecular weight is 212 g/mol. The SMILES string of the molecule is Cc1nc(SC(C)CCO)ccc1N. The summed E-state index contributed by atoms with van der Waals surface area (Å²) in [6.45, 7) is 4.20. The Hall–Kier alpha value is -0.740. The highest BCUT2D eigenvalue weighted by molar-refractivity contribution is 7.99. The number of nitrogens with two attached hydrogens (primary N) is 1. The maximum atomic E-state index is 8.76. The number of aryl methyl sites for hydroxylation is 1. The van der Waals surface area contributed by atoms with Crippen LogP contribution in [0.2, 0.25) is 0 Å². The molecule has 0 fully saturated rings. The van der Waals surface area contributed by atoms with E-state index in [1.54, 1.807) is 11.8 Å². The van der Waals surface area contributed by atoms with Crippen molar-refractivity contribution < 1.29 is 5.11 Å². The van der Waals surface area contributed by atoms with Crippen molar-refractivity contribution in [3.05, 3.63) is 17.8 Å². The van der Waals surface area contributed by atoms with Gasteiger partial charge in [0.05, 0.1) is 16.4 Å². The zero-order chi connectivity index (χ0) is 10.6. The van der Waals surface area contributed by atoms with Gasteiger partial charge >= 0.3 is 0 Å². The van der Waals surface area contributed by atoms with Crippen LogP contribution in [0.3, 0.4) is 0 Å². The van der Waals surface area contributed by atoms with Crippen molar-refractivity contribution >= 4 is 17.4 Å². The lowest BCUT2D eigenvalue weighted by atomic mass is 10.3. The molecule has 0 radical (unpaired) electrons. The monoisotopic (exact) mass is 212 g/mol. The molecule has 3 N–H and O–H groups in total. The van der Waals surface area contributed by atoms with Gasteiger partial charge in [-0.2, -0.15) is 0 Å². The summed E-state index contributed by atoms with van der Waals surface area (Å²) in [5, 5.41) is 10.1. The number of aliphatic hydroxyl groups excluding tert-OH is 1. The van der Waals surface area contributed by atoms with Gasteiger partial charge in [-0.3, -0.25) is 0 Å². The highest BCUT2D eigenvalue weighted by Gasteiger charge is 2.05. The summed E-state index contributed by atoms with van der Waals surface area (Å²) in [6, 6.07) is 3.79. The van der Waals surface area contributed by atoms with Gasteiger partial charge in [-0.05, 0) is 25.5 Å². The third kappa shape index (κ3) is 3.20. The van der Waals surface area contributed by atoms with Crippen molar-refractivity contribution in [2.75, 3.05) is 12.3 Å². The number of hydrogen-bond acceptors (Lipinski definition) is 4. The molecule has 0 saturated carbocycles. The second kappa shape index (κ2) is 5.22. The molecule has 1 aromatic heterocycles. The molecule has 0 saturated heterocycles.